The topological polar surface area (TPSA) is 84.9 Å². The lowest BCUT2D eigenvalue weighted by Gasteiger charge is -2.02. The van der Waals surface area contributed by atoms with Gasteiger partial charge in [0.15, 0.2) is 0 Å². The number of fused-ring (bicyclic) bond motifs is 2. The number of rotatable bonds is 3. The van der Waals surface area contributed by atoms with Gasteiger partial charge >= 0.3 is 5.97 Å². The van der Waals surface area contributed by atoms with E-state index in [0.717, 1.165) is 31.1 Å². The van der Waals surface area contributed by atoms with Crippen LogP contribution in [-0.2, 0) is 4.74 Å². The van der Waals surface area contributed by atoms with Gasteiger partial charge in [-0.25, -0.2) is 14.8 Å². The molecule has 0 fully saturated rings. The van der Waals surface area contributed by atoms with Gasteiger partial charge in [-0.3, -0.25) is 4.79 Å². The summed E-state index contributed by atoms with van der Waals surface area (Å²) >= 11 is 2.82. The van der Waals surface area contributed by atoms with Crippen molar-refractivity contribution in [3.8, 4) is 11.4 Å². The summed E-state index contributed by atoms with van der Waals surface area (Å²) in [4.78, 5) is 39.7. The first kappa shape index (κ1) is 17.8. The van der Waals surface area contributed by atoms with E-state index in [0.29, 0.717) is 28.3 Å². The van der Waals surface area contributed by atoms with Crippen molar-refractivity contribution in [1.82, 2.24) is 15.0 Å². The zero-order valence-corrected chi connectivity index (χ0v) is 16.9. The number of aromatic amines is 1. The van der Waals surface area contributed by atoms with Crippen LogP contribution in [0.1, 0.15) is 32.6 Å². The molecule has 0 saturated heterocycles. The maximum absolute atomic E-state index is 12.5. The summed E-state index contributed by atoms with van der Waals surface area (Å²) in [6.45, 7) is 7.91. The Morgan fingerprint density at radius 2 is 1.96 bits per heavy atom. The molecule has 0 saturated carbocycles. The molecule has 0 atom stereocenters. The van der Waals surface area contributed by atoms with Gasteiger partial charge in [0.05, 0.1) is 12.0 Å². The van der Waals surface area contributed by atoms with Crippen LogP contribution in [0.25, 0.3) is 31.8 Å². The highest BCUT2D eigenvalue weighted by Gasteiger charge is 2.19. The second-order valence-electron chi connectivity index (χ2n) is 6.23. The molecule has 4 heterocycles. The monoisotopic (exact) mass is 399 g/mol. The fourth-order valence-corrected chi connectivity index (χ4v) is 5.07. The van der Waals surface area contributed by atoms with E-state index >= 15 is 0 Å². The molecule has 4 rings (SSSR count). The number of H-pyrrole nitrogens is 1. The summed E-state index contributed by atoms with van der Waals surface area (Å²) in [5.41, 5.74) is 2.36. The summed E-state index contributed by atoms with van der Waals surface area (Å²) in [5.74, 6) is 0.142. The lowest BCUT2D eigenvalue weighted by molar-refractivity contribution is 0.0531. The molecule has 8 heteroatoms. The van der Waals surface area contributed by atoms with Crippen LogP contribution in [0, 0.1) is 20.8 Å². The number of aryl methyl sites for hydroxylation is 3. The van der Waals surface area contributed by atoms with Crippen molar-refractivity contribution in [3.05, 3.63) is 43.5 Å². The summed E-state index contributed by atoms with van der Waals surface area (Å²) in [7, 11) is 0. The van der Waals surface area contributed by atoms with Gasteiger partial charge in [0.25, 0.3) is 5.56 Å². The van der Waals surface area contributed by atoms with Crippen LogP contribution in [-0.4, -0.2) is 27.5 Å². The number of carbonyl (C=O) groups excluding carboxylic acids is 1. The molecule has 1 N–H and O–H groups in total. The van der Waals surface area contributed by atoms with Crippen molar-refractivity contribution >= 4 is 49.1 Å². The average Bonchev–Trinajstić information content (AvgIpc) is 3.12. The number of nitrogens with one attached hydrogen (secondary N) is 1. The SMILES string of the molecule is CCOC(=O)c1sc2ncc(-c3nc4sc(C)c(C)c4c(=O)[nH]3)cc2c1C. The number of hydrogen-bond donors (Lipinski definition) is 1. The Labute approximate surface area is 162 Å². The van der Waals surface area contributed by atoms with Gasteiger partial charge < -0.3 is 9.72 Å². The van der Waals surface area contributed by atoms with Crippen LogP contribution >= 0.6 is 22.7 Å². The lowest BCUT2D eigenvalue weighted by Crippen LogP contribution is -2.09. The Morgan fingerprint density at radius 3 is 2.70 bits per heavy atom. The van der Waals surface area contributed by atoms with Crippen LogP contribution in [0.15, 0.2) is 17.1 Å². The van der Waals surface area contributed by atoms with Gasteiger partial charge in [-0.2, -0.15) is 0 Å². The second kappa shape index (κ2) is 6.54. The molecule has 0 spiro atoms. The van der Waals surface area contributed by atoms with Gasteiger partial charge in [-0.1, -0.05) is 0 Å². The van der Waals surface area contributed by atoms with E-state index in [4.69, 9.17) is 4.74 Å². The minimum absolute atomic E-state index is 0.147. The molecule has 27 heavy (non-hydrogen) atoms. The van der Waals surface area contributed by atoms with E-state index in [1.807, 2.05) is 26.8 Å². The number of hydrogen-bond acceptors (Lipinski definition) is 7. The maximum atomic E-state index is 12.5. The fraction of sp³-hybridized carbons (Fsp3) is 0.263. The van der Waals surface area contributed by atoms with E-state index in [-0.39, 0.29) is 11.5 Å². The molecular weight excluding hydrogens is 382 g/mol. The predicted octanol–water partition coefficient (Wildman–Crippen LogP) is 4.36. The van der Waals surface area contributed by atoms with Crippen LogP contribution in [0.3, 0.4) is 0 Å². The Kier molecular flexibility index (Phi) is 4.32. The van der Waals surface area contributed by atoms with Gasteiger partial charge in [0.1, 0.15) is 20.4 Å². The third-order valence-corrected chi connectivity index (χ3v) is 6.86. The summed E-state index contributed by atoms with van der Waals surface area (Å²) < 4.78 is 5.12. The third kappa shape index (κ3) is 2.85. The van der Waals surface area contributed by atoms with E-state index in [1.165, 1.54) is 22.7 Å². The average molecular weight is 399 g/mol. The van der Waals surface area contributed by atoms with Crippen molar-refractivity contribution < 1.29 is 9.53 Å². The van der Waals surface area contributed by atoms with E-state index in [9.17, 15) is 9.59 Å². The molecule has 0 amide bonds. The smallest absolute Gasteiger partial charge is 0.348 e. The number of esters is 1. The molecule has 6 nitrogen and oxygen atoms in total. The van der Waals surface area contributed by atoms with Crippen LogP contribution in [0.5, 0.6) is 0 Å². The summed E-state index contributed by atoms with van der Waals surface area (Å²) in [6.07, 6.45) is 1.67. The van der Waals surface area contributed by atoms with Crippen molar-refractivity contribution in [3.63, 3.8) is 0 Å². The molecule has 0 aliphatic carbocycles. The van der Waals surface area contributed by atoms with Crippen molar-refractivity contribution in [2.45, 2.75) is 27.7 Å². The van der Waals surface area contributed by atoms with Crippen LogP contribution in [0.4, 0.5) is 0 Å². The molecule has 0 aromatic carbocycles. The Bertz CT molecular complexity index is 1270. The minimum atomic E-state index is -0.336. The van der Waals surface area contributed by atoms with Gasteiger partial charge in [0, 0.05) is 22.0 Å². The maximum Gasteiger partial charge on any atom is 0.348 e. The first-order valence-corrected chi connectivity index (χ1v) is 10.1. The highest BCUT2D eigenvalue weighted by atomic mass is 32.1. The van der Waals surface area contributed by atoms with Gasteiger partial charge in [-0.05, 0) is 44.9 Å². The predicted molar refractivity (Wildman–Crippen MR) is 109 cm³/mol. The quantitative estimate of drug-likeness (QED) is 0.517. The molecule has 0 radical (unpaired) electrons. The van der Waals surface area contributed by atoms with Gasteiger partial charge in [-0.15, -0.1) is 22.7 Å². The number of ether oxygens (including phenoxy) is 1. The molecule has 138 valence electrons. The van der Waals surface area contributed by atoms with Crippen molar-refractivity contribution in [1.29, 1.82) is 0 Å². The fourth-order valence-electron chi connectivity index (χ4n) is 3.01. The molecule has 0 bridgehead atoms. The van der Waals surface area contributed by atoms with E-state index in [2.05, 4.69) is 15.0 Å². The van der Waals surface area contributed by atoms with E-state index < -0.39 is 0 Å². The molecule has 4 aromatic heterocycles. The number of nitrogens with zero attached hydrogens (tertiary/aromatic N) is 2. The minimum Gasteiger partial charge on any atom is -0.462 e. The van der Waals surface area contributed by atoms with Crippen molar-refractivity contribution in [2.24, 2.45) is 0 Å². The van der Waals surface area contributed by atoms with Crippen molar-refractivity contribution in [2.75, 3.05) is 6.61 Å². The second-order valence-corrected chi connectivity index (χ2v) is 8.43. The van der Waals surface area contributed by atoms with Gasteiger partial charge in [0.2, 0.25) is 0 Å². The number of thiophene rings is 2. The third-order valence-electron chi connectivity index (χ3n) is 4.57. The largest absolute Gasteiger partial charge is 0.462 e. The number of pyridine rings is 1. The normalized spacial score (nSPS) is 11.4. The standard InChI is InChI=1S/C19H17N3O3S2/c1-5-25-19(24)14-9(3)12-6-11(7-20-17(12)27-14)15-21-16(23)13-8(2)10(4)26-18(13)22-15/h6-7H,5H2,1-4H3,(H,21,22,23). The molecule has 0 aliphatic heterocycles. The zero-order valence-electron chi connectivity index (χ0n) is 15.3. The Morgan fingerprint density at radius 1 is 1.19 bits per heavy atom. The number of carbonyl (C=O) groups is 1. The Balaban J connectivity index is 1.87. The van der Waals surface area contributed by atoms with Crippen LogP contribution in [0.2, 0.25) is 0 Å². The molecule has 0 unspecified atom stereocenters. The lowest BCUT2D eigenvalue weighted by atomic mass is 10.1. The highest BCUT2D eigenvalue weighted by Crippen LogP contribution is 2.33. The first-order valence-electron chi connectivity index (χ1n) is 8.47. The summed E-state index contributed by atoms with van der Waals surface area (Å²) in [5, 5.41) is 1.51. The number of aromatic nitrogens is 3. The molecule has 0 aliphatic rings. The highest BCUT2D eigenvalue weighted by molar-refractivity contribution is 7.20. The van der Waals surface area contributed by atoms with E-state index in [1.54, 1.807) is 13.1 Å². The van der Waals surface area contributed by atoms with Crippen LogP contribution < -0.4 is 5.56 Å². The zero-order chi connectivity index (χ0) is 19.3. The first-order chi connectivity index (χ1) is 12.9. The Hall–Kier alpha value is -2.58. The molecular formula is C19H17N3O3S2. The molecule has 4 aromatic rings. The summed E-state index contributed by atoms with van der Waals surface area (Å²) in [6, 6.07) is 1.91.